The largest absolute Gasteiger partial charge is 0.321 e. The minimum Gasteiger partial charge on any atom is -0.321 e. The highest BCUT2D eigenvalue weighted by atomic mass is 35.5. The molecule has 0 spiro atoms. The zero-order valence-corrected chi connectivity index (χ0v) is 8.00. The fourth-order valence-corrected chi connectivity index (χ4v) is 0.564. The molecule has 0 amide bonds. The second-order valence-corrected chi connectivity index (χ2v) is 2.07. The second kappa shape index (κ2) is 5.35. The van der Waals surface area contributed by atoms with Crippen molar-refractivity contribution in [3.63, 3.8) is 0 Å². The lowest BCUT2D eigenvalue weighted by molar-refractivity contribution is 0.745. The maximum atomic E-state index is 5.48. The van der Waals surface area contributed by atoms with E-state index in [0.717, 1.165) is 5.82 Å². The van der Waals surface area contributed by atoms with Gasteiger partial charge < -0.3 is 5.73 Å². The summed E-state index contributed by atoms with van der Waals surface area (Å²) in [5.41, 5.74) is 5.48. The first-order chi connectivity index (χ1) is 4.20. The summed E-state index contributed by atoms with van der Waals surface area (Å²) in [6, 6.07) is -0.0741. The van der Waals surface area contributed by atoms with Crippen molar-refractivity contribution in [3.05, 3.63) is 11.6 Å². The van der Waals surface area contributed by atoms with Crippen molar-refractivity contribution in [3.8, 4) is 0 Å². The fraction of sp³-hybridized carbons (Fsp3) is 0.600. The van der Waals surface area contributed by atoms with Crippen LogP contribution in [-0.2, 0) is 0 Å². The van der Waals surface area contributed by atoms with Gasteiger partial charge in [0.05, 0.1) is 6.04 Å². The standard InChI is InChI=1S/C5H10N4.2ClH/c1-3(6)5-7-4(2)8-9-5;;/h3H,6H2,1-2H3,(H,7,8,9);2*1H/t3-;;/m1../s1. The Labute approximate surface area is 77.8 Å². The normalized spacial score (nSPS) is 11.2. The van der Waals surface area contributed by atoms with Gasteiger partial charge in [-0.15, -0.1) is 24.8 Å². The first-order valence-corrected chi connectivity index (χ1v) is 2.84. The topological polar surface area (TPSA) is 67.6 Å². The molecule has 0 radical (unpaired) electrons. The van der Waals surface area contributed by atoms with Crippen LogP contribution in [0.5, 0.6) is 0 Å². The van der Waals surface area contributed by atoms with E-state index in [9.17, 15) is 0 Å². The smallest absolute Gasteiger partial charge is 0.167 e. The summed E-state index contributed by atoms with van der Waals surface area (Å²) >= 11 is 0. The molecular formula is C5H12Cl2N4. The van der Waals surface area contributed by atoms with Crippen molar-refractivity contribution in [2.24, 2.45) is 5.73 Å². The lowest BCUT2D eigenvalue weighted by atomic mass is 10.3. The van der Waals surface area contributed by atoms with E-state index in [4.69, 9.17) is 5.73 Å². The monoisotopic (exact) mass is 198 g/mol. The molecule has 0 aliphatic rings. The van der Waals surface area contributed by atoms with Crippen LogP contribution in [0.2, 0.25) is 0 Å². The molecule has 3 N–H and O–H groups in total. The van der Waals surface area contributed by atoms with Crippen molar-refractivity contribution < 1.29 is 0 Å². The van der Waals surface area contributed by atoms with Crippen LogP contribution < -0.4 is 5.73 Å². The summed E-state index contributed by atoms with van der Waals surface area (Å²) in [7, 11) is 0. The lowest BCUT2D eigenvalue weighted by Crippen LogP contribution is -2.06. The van der Waals surface area contributed by atoms with Crippen molar-refractivity contribution in [2.75, 3.05) is 0 Å². The number of aromatic nitrogens is 3. The van der Waals surface area contributed by atoms with Crippen molar-refractivity contribution in [1.29, 1.82) is 0 Å². The van der Waals surface area contributed by atoms with Crippen LogP contribution >= 0.6 is 24.8 Å². The van der Waals surface area contributed by atoms with Crippen molar-refractivity contribution in [1.82, 2.24) is 15.2 Å². The summed E-state index contributed by atoms with van der Waals surface area (Å²) in [5, 5.41) is 6.56. The highest BCUT2D eigenvalue weighted by Crippen LogP contribution is 1.99. The molecular weight excluding hydrogens is 187 g/mol. The Morgan fingerprint density at radius 2 is 2.00 bits per heavy atom. The molecule has 0 saturated carbocycles. The minimum atomic E-state index is -0.0741. The second-order valence-electron chi connectivity index (χ2n) is 2.07. The van der Waals surface area contributed by atoms with Crippen LogP contribution in [0, 0.1) is 6.92 Å². The number of aromatic amines is 1. The van der Waals surface area contributed by atoms with Gasteiger partial charge in [-0.2, -0.15) is 5.10 Å². The number of halogens is 2. The Morgan fingerprint density at radius 1 is 1.45 bits per heavy atom. The predicted octanol–water partition coefficient (Wildman–Crippen LogP) is 0.976. The van der Waals surface area contributed by atoms with Gasteiger partial charge in [0, 0.05) is 0 Å². The van der Waals surface area contributed by atoms with Gasteiger partial charge in [0.15, 0.2) is 5.82 Å². The predicted molar refractivity (Wildman–Crippen MR) is 48.2 cm³/mol. The third-order valence-corrected chi connectivity index (χ3v) is 1.02. The van der Waals surface area contributed by atoms with E-state index in [1.54, 1.807) is 0 Å². The van der Waals surface area contributed by atoms with Gasteiger partial charge in [-0.05, 0) is 13.8 Å². The van der Waals surface area contributed by atoms with Crippen LogP contribution in [0.1, 0.15) is 24.6 Å². The molecule has 1 atom stereocenters. The summed E-state index contributed by atoms with van der Waals surface area (Å²) in [5.74, 6) is 1.48. The maximum Gasteiger partial charge on any atom is 0.167 e. The van der Waals surface area contributed by atoms with E-state index in [-0.39, 0.29) is 30.9 Å². The Morgan fingerprint density at radius 3 is 2.18 bits per heavy atom. The number of hydrogen-bond acceptors (Lipinski definition) is 3. The number of hydrogen-bond donors (Lipinski definition) is 2. The molecule has 66 valence electrons. The van der Waals surface area contributed by atoms with Crippen LogP contribution in [0.4, 0.5) is 0 Å². The zero-order chi connectivity index (χ0) is 6.85. The van der Waals surface area contributed by atoms with E-state index < -0.39 is 0 Å². The quantitative estimate of drug-likeness (QED) is 0.708. The van der Waals surface area contributed by atoms with Crippen LogP contribution in [0.25, 0.3) is 0 Å². The van der Waals surface area contributed by atoms with Crippen LogP contribution in [0.15, 0.2) is 0 Å². The summed E-state index contributed by atoms with van der Waals surface area (Å²) in [6.45, 7) is 3.70. The Balaban J connectivity index is 0. The molecule has 4 nitrogen and oxygen atoms in total. The maximum absolute atomic E-state index is 5.48. The number of nitrogens with two attached hydrogens (primary N) is 1. The van der Waals surface area contributed by atoms with E-state index in [1.807, 2.05) is 13.8 Å². The molecule has 0 aliphatic carbocycles. The molecule has 1 aromatic heterocycles. The number of rotatable bonds is 1. The van der Waals surface area contributed by atoms with Crippen molar-refractivity contribution >= 4 is 24.8 Å². The molecule has 1 aromatic rings. The highest BCUT2D eigenvalue weighted by Gasteiger charge is 2.02. The van der Waals surface area contributed by atoms with Crippen LogP contribution in [0.3, 0.4) is 0 Å². The van der Waals surface area contributed by atoms with E-state index in [2.05, 4.69) is 15.2 Å². The molecule has 1 heterocycles. The van der Waals surface area contributed by atoms with Gasteiger partial charge >= 0.3 is 0 Å². The molecule has 0 aliphatic heterocycles. The average Bonchev–Trinajstić information content (AvgIpc) is 2.14. The summed E-state index contributed by atoms with van der Waals surface area (Å²) in [4.78, 5) is 4.02. The highest BCUT2D eigenvalue weighted by molar-refractivity contribution is 5.85. The Hall–Kier alpha value is -0.320. The van der Waals surface area contributed by atoms with E-state index in [1.165, 1.54) is 0 Å². The van der Waals surface area contributed by atoms with Gasteiger partial charge in [0.25, 0.3) is 0 Å². The zero-order valence-electron chi connectivity index (χ0n) is 6.37. The Bertz CT molecular complexity index is 198. The number of nitrogens with zero attached hydrogens (tertiary/aromatic N) is 2. The third kappa shape index (κ3) is 3.55. The molecule has 0 fully saturated rings. The first kappa shape index (κ1) is 13.3. The number of H-pyrrole nitrogens is 1. The van der Waals surface area contributed by atoms with Gasteiger partial charge in [0.2, 0.25) is 0 Å². The number of nitrogens with one attached hydrogen (secondary N) is 1. The van der Waals surface area contributed by atoms with Gasteiger partial charge in [-0.1, -0.05) is 0 Å². The van der Waals surface area contributed by atoms with E-state index in [0.29, 0.717) is 5.82 Å². The molecule has 0 unspecified atom stereocenters. The summed E-state index contributed by atoms with van der Waals surface area (Å²) in [6.07, 6.45) is 0. The van der Waals surface area contributed by atoms with E-state index >= 15 is 0 Å². The van der Waals surface area contributed by atoms with Gasteiger partial charge in [-0.3, -0.25) is 5.10 Å². The van der Waals surface area contributed by atoms with Gasteiger partial charge in [-0.25, -0.2) is 4.98 Å². The SMILES string of the molecule is Cc1nc([C@@H](C)N)n[nH]1.Cl.Cl. The molecule has 6 heteroatoms. The van der Waals surface area contributed by atoms with Gasteiger partial charge in [0.1, 0.15) is 5.82 Å². The Kier molecular flexibility index (Phi) is 6.46. The molecule has 1 rings (SSSR count). The lowest BCUT2D eigenvalue weighted by Gasteiger charge is -1.93. The number of aryl methyl sites for hydroxylation is 1. The molecule has 11 heavy (non-hydrogen) atoms. The minimum absolute atomic E-state index is 0. The summed E-state index contributed by atoms with van der Waals surface area (Å²) < 4.78 is 0. The molecule has 0 aromatic carbocycles. The fourth-order valence-electron chi connectivity index (χ4n) is 0.564. The third-order valence-electron chi connectivity index (χ3n) is 1.02. The van der Waals surface area contributed by atoms with Crippen LogP contribution in [-0.4, -0.2) is 15.2 Å². The molecule has 0 bridgehead atoms. The average molecular weight is 199 g/mol. The first-order valence-electron chi connectivity index (χ1n) is 2.84. The van der Waals surface area contributed by atoms with Crippen molar-refractivity contribution in [2.45, 2.75) is 19.9 Å². The molecule has 0 saturated heterocycles.